The Labute approximate surface area is 80.3 Å². The lowest BCUT2D eigenvalue weighted by atomic mass is 10.2. The molecule has 1 aromatic rings. The Morgan fingerprint density at radius 2 is 2.00 bits per heavy atom. The topological polar surface area (TPSA) is 26.3 Å². The van der Waals surface area contributed by atoms with Gasteiger partial charge in [-0.05, 0) is 35.9 Å². The van der Waals surface area contributed by atoms with Crippen LogP contribution in [-0.2, 0) is 0 Å². The van der Waals surface area contributed by atoms with E-state index in [2.05, 4.69) is 0 Å². The quantitative estimate of drug-likeness (QED) is 0.701. The summed E-state index contributed by atoms with van der Waals surface area (Å²) in [5, 5.41) is -0.517. The monoisotopic (exact) mass is 202 g/mol. The van der Waals surface area contributed by atoms with Crippen molar-refractivity contribution in [1.82, 2.24) is 0 Å². The normalized spacial score (nSPS) is 9.69. The minimum atomic E-state index is -0.532. The highest BCUT2D eigenvalue weighted by Gasteiger charge is 2.00. The first-order chi connectivity index (χ1) is 6.24. The summed E-state index contributed by atoms with van der Waals surface area (Å²) in [4.78, 5) is 10.6. The molecule has 0 aromatic heterocycles. The van der Waals surface area contributed by atoms with Crippen molar-refractivity contribution in [3.63, 3.8) is 0 Å². The van der Waals surface area contributed by atoms with Crippen LogP contribution in [0.15, 0.2) is 24.3 Å². The predicted octanol–water partition coefficient (Wildman–Crippen LogP) is 2.41. The molecule has 0 saturated carbocycles. The third-order valence-corrected chi connectivity index (χ3v) is 1.65. The zero-order valence-corrected chi connectivity index (χ0v) is 7.55. The van der Waals surface area contributed by atoms with Crippen LogP contribution in [0.5, 0.6) is 5.75 Å². The number of carbonyl (C=O) groups is 1. The molecule has 0 aliphatic carbocycles. The Hall–Kier alpha value is -1.09. The van der Waals surface area contributed by atoms with Gasteiger partial charge in [0.25, 0.3) is 5.24 Å². The second-order valence-electron chi connectivity index (χ2n) is 2.34. The van der Waals surface area contributed by atoms with Crippen LogP contribution in [0.3, 0.4) is 0 Å². The molecule has 1 rings (SSSR count). The van der Waals surface area contributed by atoms with E-state index >= 15 is 0 Å². The molecule has 0 bridgehead atoms. The molecule has 4 heteroatoms. The first-order valence-electron chi connectivity index (χ1n) is 3.72. The van der Waals surface area contributed by atoms with Gasteiger partial charge in [-0.1, -0.05) is 0 Å². The molecule has 0 radical (unpaired) electrons. The lowest BCUT2D eigenvalue weighted by Crippen LogP contribution is -1.98. The van der Waals surface area contributed by atoms with E-state index in [0.29, 0.717) is 11.3 Å². The molecule has 0 fully saturated rings. The van der Waals surface area contributed by atoms with Crippen molar-refractivity contribution >= 4 is 16.8 Å². The van der Waals surface area contributed by atoms with E-state index in [-0.39, 0.29) is 6.61 Å². The minimum Gasteiger partial charge on any atom is -0.491 e. The van der Waals surface area contributed by atoms with Gasteiger partial charge in [0, 0.05) is 5.56 Å². The molecule has 70 valence electrons. The summed E-state index contributed by atoms with van der Waals surface area (Å²) in [5.74, 6) is 0.527. The number of carbonyl (C=O) groups excluding carboxylic acids is 1. The van der Waals surface area contributed by atoms with Gasteiger partial charge in [0.05, 0.1) is 0 Å². The lowest BCUT2D eigenvalue weighted by Gasteiger charge is -2.02. The van der Waals surface area contributed by atoms with Crippen molar-refractivity contribution in [3.05, 3.63) is 29.8 Å². The number of rotatable bonds is 4. The highest BCUT2D eigenvalue weighted by molar-refractivity contribution is 6.67. The number of ether oxygens (including phenoxy) is 1. The highest BCUT2D eigenvalue weighted by atomic mass is 35.5. The molecule has 0 N–H and O–H groups in total. The second-order valence-corrected chi connectivity index (χ2v) is 2.68. The standard InChI is InChI=1S/C9H8ClFO2/c10-9(12)7-1-3-8(4-2-7)13-6-5-11/h1-4H,5-6H2. The van der Waals surface area contributed by atoms with Crippen LogP contribution in [0.25, 0.3) is 0 Å². The van der Waals surface area contributed by atoms with E-state index in [1.165, 1.54) is 12.1 Å². The van der Waals surface area contributed by atoms with Crippen molar-refractivity contribution in [3.8, 4) is 5.75 Å². The van der Waals surface area contributed by atoms with Crippen molar-refractivity contribution in [2.24, 2.45) is 0 Å². The van der Waals surface area contributed by atoms with Gasteiger partial charge in [0.2, 0.25) is 0 Å². The van der Waals surface area contributed by atoms with Gasteiger partial charge in [-0.2, -0.15) is 0 Å². The van der Waals surface area contributed by atoms with E-state index in [1.807, 2.05) is 0 Å². The van der Waals surface area contributed by atoms with Crippen LogP contribution in [0, 0.1) is 0 Å². The fourth-order valence-corrected chi connectivity index (χ4v) is 0.965. The predicted molar refractivity (Wildman–Crippen MR) is 48.1 cm³/mol. The summed E-state index contributed by atoms with van der Waals surface area (Å²) in [5.41, 5.74) is 0.397. The molecule has 0 atom stereocenters. The third kappa shape index (κ3) is 3.03. The fraction of sp³-hybridized carbons (Fsp3) is 0.222. The minimum absolute atomic E-state index is 0.0220. The molecular formula is C9H8ClFO2. The maximum absolute atomic E-state index is 11.7. The second kappa shape index (κ2) is 4.82. The Morgan fingerprint density at radius 3 is 2.46 bits per heavy atom. The van der Waals surface area contributed by atoms with Crippen molar-refractivity contribution < 1.29 is 13.9 Å². The van der Waals surface area contributed by atoms with Crippen molar-refractivity contribution in [1.29, 1.82) is 0 Å². The maximum atomic E-state index is 11.7. The number of benzene rings is 1. The van der Waals surface area contributed by atoms with Crippen LogP contribution in [0.2, 0.25) is 0 Å². The van der Waals surface area contributed by atoms with Crippen LogP contribution < -0.4 is 4.74 Å². The molecule has 0 spiro atoms. The molecule has 0 aliphatic rings. The Balaban J connectivity index is 2.64. The van der Waals surface area contributed by atoms with E-state index < -0.39 is 11.9 Å². The Bertz CT molecular complexity index is 284. The first-order valence-corrected chi connectivity index (χ1v) is 4.10. The van der Waals surface area contributed by atoms with Gasteiger partial charge >= 0.3 is 0 Å². The summed E-state index contributed by atoms with van der Waals surface area (Å²) in [6.07, 6.45) is 0. The third-order valence-electron chi connectivity index (χ3n) is 1.43. The van der Waals surface area contributed by atoms with E-state index in [4.69, 9.17) is 16.3 Å². The molecule has 2 nitrogen and oxygen atoms in total. The zero-order chi connectivity index (χ0) is 9.68. The molecule has 0 saturated heterocycles. The van der Waals surface area contributed by atoms with Crippen LogP contribution >= 0.6 is 11.6 Å². The highest BCUT2D eigenvalue weighted by Crippen LogP contribution is 2.13. The zero-order valence-electron chi connectivity index (χ0n) is 6.80. The molecule has 0 unspecified atom stereocenters. The first kappa shape index (κ1) is 9.99. The molecule has 13 heavy (non-hydrogen) atoms. The van der Waals surface area contributed by atoms with E-state index in [1.54, 1.807) is 12.1 Å². The van der Waals surface area contributed by atoms with Crippen molar-refractivity contribution in [2.75, 3.05) is 13.3 Å². The van der Waals surface area contributed by atoms with Gasteiger partial charge in [0.15, 0.2) is 0 Å². The SMILES string of the molecule is O=C(Cl)c1ccc(OCCF)cc1. The van der Waals surface area contributed by atoms with Gasteiger partial charge in [-0.25, -0.2) is 4.39 Å². The Morgan fingerprint density at radius 1 is 1.38 bits per heavy atom. The number of halogens is 2. The molecule has 0 amide bonds. The maximum Gasteiger partial charge on any atom is 0.252 e. The summed E-state index contributed by atoms with van der Waals surface area (Å²) >= 11 is 5.22. The molecule has 1 aromatic carbocycles. The number of alkyl halides is 1. The summed E-state index contributed by atoms with van der Waals surface area (Å²) < 4.78 is 16.6. The van der Waals surface area contributed by atoms with Crippen LogP contribution in [0.4, 0.5) is 4.39 Å². The average molecular weight is 203 g/mol. The molecule has 0 heterocycles. The lowest BCUT2D eigenvalue weighted by molar-refractivity contribution is 0.108. The van der Waals surface area contributed by atoms with Crippen molar-refractivity contribution in [2.45, 2.75) is 0 Å². The van der Waals surface area contributed by atoms with E-state index in [0.717, 1.165) is 0 Å². The Kier molecular flexibility index (Phi) is 3.71. The largest absolute Gasteiger partial charge is 0.491 e. The van der Waals surface area contributed by atoms with Gasteiger partial charge < -0.3 is 4.74 Å². The van der Waals surface area contributed by atoms with Gasteiger partial charge in [-0.15, -0.1) is 0 Å². The molecule has 0 aliphatic heterocycles. The van der Waals surface area contributed by atoms with Gasteiger partial charge in [0.1, 0.15) is 19.0 Å². The molecular weight excluding hydrogens is 195 g/mol. The number of hydrogen-bond donors (Lipinski definition) is 0. The summed E-state index contributed by atoms with van der Waals surface area (Å²) in [6.45, 7) is -0.510. The summed E-state index contributed by atoms with van der Waals surface area (Å²) in [6, 6.07) is 6.21. The smallest absolute Gasteiger partial charge is 0.252 e. The average Bonchev–Trinajstić information content (AvgIpc) is 2.15. The fourth-order valence-electron chi connectivity index (χ4n) is 0.839. The van der Waals surface area contributed by atoms with E-state index in [9.17, 15) is 9.18 Å². The summed E-state index contributed by atoms with van der Waals surface area (Å²) in [7, 11) is 0. The van der Waals surface area contributed by atoms with Gasteiger partial charge in [-0.3, -0.25) is 4.79 Å². The van der Waals surface area contributed by atoms with Crippen LogP contribution in [0.1, 0.15) is 10.4 Å². The number of hydrogen-bond acceptors (Lipinski definition) is 2. The van der Waals surface area contributed by atoms with Crippen LogP contribution in [-0.4, -0.2) is 18.5 Å².